The van der Waals surface area contributed by atoms with Gasteiger partial charge in [-0.2, -0.15) is 0 Å². The average molecular weight is 446 g/mol. The number of carbonyl (C=O) groups excluding carboxylic acids is 1. The van der Waals surface area contributed by atoms with Gasteiger partial charge in [0.2, 0.25) is 0 Å². The molecule has 1 amide bonds. The molecule has 0 unspecified atom stereocenters. The molecule has 1 saturated heterocycles. The highest BCUT2D eigenvalue weighted by atomic mass is 35.5. The Bertz CT molecular complexity index is 1160. The molecule has 0 atom stereocenters. The third-order valence-corrected chi connectivity index (χ3v) is 7.59. The summed E-state index contributed by atoms with van der Waals surface area (Å²) in [5, 5.41) is 4.69. The van der Waals surface area contributed by atoms with Crippen LogP contribution in [0.3, 0.4) is 0 Å². The predicted octanol–water partition coefficient (Wildman–Crippen LogP) is 4.01. The molecule has 0 radical (unpaired) electrons. The Kier molecular flexibility index (Phi) is 5.75. The van der Waals surface area contributed by atoms with Crippen molar-refractivity contribution in [3.63, 3.8) is 0 Å². The minimum atomic E-state index is -3.18. The van der Waals surface area contributed by atoms with Gasteiger partial charge in [0.05, 0.1) is 10.6 Å². The Morgan fingerprint density at radius 1 is 1.13 bits per heavy atom. The average Bonchev–Trinajstić information content (AvgIpc) is 3.18. The van der Waals surface area contributed by atoms with E-state index in [0.717, 1.165) is 42.5 Å². The Balaban J connectivity index is 1.35. The smallest absolute Gasteiger partial charge is 0.267 e. The molecule has 30 heavy (non-hydrogen) atoms. The van der Waals surface area contributed by atoms with Gasteiger partial charge in [0.1, 0.15) is 5.69 Å². The van der Waals surface area contributed by atoms with Crippen molar-refractivity contribution in [2.75, 3.05) is 23.7 Å². The van der Waals surface area contributed by atoms with Crippen molar-refractivity contribution in [3.8, 4) is 0 Å². The van der Waals surface area contributed by atoms with Crippen LogP contribution in [-0.4, -0.2) is 44.2 Å². The number of amides is 1. The van der Waals surface area contributed by atoms with Crippen molar-refractivity contribution in [3.05, 3.63) is 59.2 Å². The summed E-state index contributed by atoms with van der Waals surface area (Å²) in [5.74, 6) is -0.0178. The number of fused-ring (bicyclic) bond motifs is 1. The van der Waals surface area contributed by atoms with Gasteiger partial charge in [0.25, 0.3) is 5.91 Å². The maximum absolute atomic E-state index is 12.6. The Labute approximate surface area is 181 Å². The van der Waals surface area contributed by atoms with Crippen LogP contribution < -0.4 is 10.2 Å². The SMILES string of the molecule is CCS(=O)(=O)c1ccc(N2CCC(NC(=O)c3cc4ccc(Cl)cc4[nH]3)CC2)cc1. The first kappa shape index (κ1) is 20.8. The monoisotopic (exact) mass is 445 g/mol. The van der Waals surface area contributed by atoms with Gasteiger partial charge in [0, 0.05) is 40.7 Å². The lowest BCUT2D eigenvalue weighted by atomic mass is 10.0. The number of benzene rings is 2. The quantitative estimate of drug-likeness (QED) is 0.621. The normalized spacial score (nSPS) is 15.5. The largest absolute Gasteiger partial charge is 0.371 e. The summed E-state index contributed by atoms with van der Waals surface area (Å²) in [4.78, 5) is 18.3. The number of nitrogens with zero attached hydrogens (tertiary/aromatic N) is 1. The third-order valence-electron chi connectivity index (χ3n) is 5.60. The number of aromatic nitrogens is 1. The van der Waals surface area contributed by atoms with Crippen LogP contribution in [0.4, 0.5) is 5.69 Å². The molecule has 8 heteroatoms. The molecule has 158 valence electrons. The highest BCUT2D eigenvalue weighted by molar-refractivity contribution is 7.91. The number of H-pyrrole nitrogens is 1. The Morgan fingerprint density at radius 2 is 1.83 bits per heavy atom. The molecular weight excluding hydrogens is 422 g/mol. The molecule has 0 saturated carbocycles. The lowest BCUT2D eigenvalue weighted by Gasteiger charge is -2.34. The van der Waals surface area contributed by atoms with E-state index in [9.17, 15) is 13.2 Å². The highest BCUT2D eigenvalue weighted by Crippen LogP contribution is 2.23. The van der Waals surface area contributed by atoms with Crippen LogP contribution in [0.1, 0.15) is 30.3 Å². The van der Waals surface area contributed by atoms with Crippen molar-refractivity contribution in [2.45, 2.75) is 30.7 Å². The van der Waals surface area contributed by atoms with E-state index >= 15 is 0 Å². The molecule has 1 aromatic heterocycles. The fourth-order valence-corrected chi connectivity index (χ4v) is 4.85. The molecule has 1 aliphatic rings. The van der Waals surface area contributed by atoms with Gasteiger partial charge >= 0.3 is 0 Å². The second kappa shape index (κ2) is 8.32. The van der Waals surface area contributed by atoms with Crippen molar-refractivity contribution in [2.24, 2.45) is 0 Å². The summed E-state index contributed by atoms with van der Waals surface area (Å²) in [6.45, 7) is 3.24. The van der Waals surface area contributed by atoms with E-state index in [-0.39, 0.29) is 17.7 Å². The van der Waals surface area contributed by atoms with Crippen molar-refractivity contribution in [1.29, 1.82) is 0 Å². The van der Waals surface area contributed by atoms with E-state index in [1.54, 1.807) is 25.1 Å². The van der Waals surface area contributed by atoms with E-state index in [4.69, 9.17) is 11.6 Å². The number of rotatable bonds is 5. The Morgan fingerprint density at radius 3 is 2.50 bits per heavy atom. The second-order valence-corrected chi connectivity index (χ2v) is 10.3. The van der Waals surface area contributed by atoms with Crippen LogP contribution in [0.15, 0.2) is 53.4 Å². The molecular formula is C22H24ClN3O3S. The zero-order chi connectivity index (χ0) is 21.3. The molecule has 1 aliphatic heterocycles. The number of hydrogen-bond donors (Lipinski definition) is 2. The molecule has 6 nitrogen and oxygen atoms in total. The first-order chi connectivity index (χ1) is 14.4. The summed E-state index contributed by atoms with van der Waals surface area (Å²) in [6, 6.07) is 14.5. The number of nitrogens with one attached hydrogen (secondary N) is 2. The molecule has 2 aromatic carbocycles. The molecule has 1 fully saturated rings. The van der Waals surface area contributed by atoms with Gasteiger partial charge in [0.15, 0.2) is 9.84 Å². The number of piperidine rings is 1. The molecule has 2 N–H and O–H groups in total. The topological polar surface area (TPSA) is 82.3 Å². The summed E-state index contributed by atoms with van der Waals surface area (Å²) in [6.07, 6.45) is 1.65. The van der Waals surface area contributed by atoms with Gasteiger partial charge in [-0.3, -0.25) is 4.79 Å². The molecule has 0 aliphatic carbocycles. The lowest BCUT2D eigenvalue weighted by Crippen LogP contribution is -2.44. The third kappa shape index (κ3) is 4.32. The van der Waals surface area contributed by atoms with Crippen molar-refractivity contribution in [1.82, 2.24) is 10.3 Å². The van der Waals surface area contributed by atoms with Crippen LogP contribution in [0.25, 0.3) is 10.9 Å². The highest BCUT2D eigenvalue weighted by Gasteiger charge is 2.22. The van der Waals surface area contributed by atoms with Gasteiger partial charge in [-0.25, -0.2) is 8.42 Å². The summed E-state index contributed by atoms with van der Waals surface area (Å²) in [5.41, 5.74) is 2.38. The first-order valence-electron chi connectivity index (χ1n) is 10.0. The zero-order valence-electron chi connectivity index (χ0n) is 16.7. The van der Waals surface area contributed by atoms with Crippen LogP contribution >= 0.6 is 11.6 Å². The number of sulfone groups is 1. The van der Waals surface area contributed by atoms with Crippen LogP contribution in [0, 0.1) is 0 Å². The summed E-state index contributed by atoms with van der Waals surface area (Å²) < 4.78 is 23.9. The van der Waals surface area contributed by atoms with Gasteiger partial charge in [-0.15, -0.1) is 0 Å². The lowest BCUT2D eigenvalue weighted by molar-refractivity contribution is 0.0927. The number of anilines is 1. The standard InChI is InChI=1S/C22H24ClN3O3S/c1-2-30(28,29)19-7-5-18(6-8-19)26-11-9-17(10-12-26)24-22(27)21-13-15-3-4-16(23)14-20(15)25-21/h3-8,13-14,17,25H,2,9-12H2,1H3,(H,24,27). The van der Waals surface area contributed by atoms with E-state index in [0.29, 0.717) is 15.6 Å². The summed E-state index contributed by atoms with van der Waals surface area (Å²) >= 11 is 6.01. The van der Waals surface area contributed by atoms with Crippen molar-refractivity contribution < 1.29 is 13.2 Å². The molecule has 4 rings (SSSR count). The minimum Gasteiger partial charge on any atom is -0.371 e. The van der Waals surface area contributed by atoms with Gasteiger partial charge < -0.3 is 15.2 Å². The van der Waals surface area contributed by atoms with E-state index in [1.165, 1.54) is 0 Å². The van der Waals surface area contributed by atoms with E-state index < -0.39 is 9.84 Å². The number of hydrogen-bond acceptors (Lipinski definition) is 4. The molecule has 0 spiro atoms. The first-order valence-corrected chi connectivity index (χ1v) is 12.1. The van der Waals surface area contributed by atoms with Crippen LogP contribution in [0.5, 0.6) is 0 Å². The second-order valence-electron chi connectivity index (χ2n) is 7.55. The summed E-state index contributed by atoms with van der Waals surface area (Å²) in [7, 11) is -3.18. The van der Waals surface area contributed by atoms with Gasteiger partial charge in [-0.1, -0.05) is 24.6 Å². The zero-order valence-corrected chi connectivity index (χ0v) is 18.3. The molecule has 2 heterocycles. The molecule has 3 aromatic rings. The van der Waals surface area contributed by atoms with E-state index in [2.05, 4.69) is 15.2 Å². The number of aromatic amines is 1. The van der Waals surface area contributed by atoms with Crippen LogP contribution in [0.2, 0.25) is 5.02 Å². The number of carbonyl (C=O) groups is 1. The number of halogens is 1. The van der Waals surface area contributed by atoms with Crippen LogP contribution in [-0.2, 0) is 9.84 Å². The maximum atomic E-state index is 12.6. The van der Waals surface area contributed by atoms with E-state index in [1.807, 2.05) is 30.3 Å². The molecule has 0 bridgehead atoms. The predicted molar refractivity (Wildman–Crippen MR) is 120 cm³/mol. The fourth-order valence-electron chi connectivity index (χ4n) is 3.80. The van der Waals surface area contributed by atoms with Gasteiger partial charge in [-0.05, 0) is 55.3 Å². The van der Waals surface area contributed by atoms with Crippen molar-refractivity contribution >= 4 is 43.9 Å². The fraction of sp³-hybridized carbons (Fsp3) is 0.318. The minimum absolute atomic E-state index is 0.0981. The Hall–Kier alpha value is -2.51. The maximum Gasteiger partial charge on any atom is 0.267 e.